The molecule has 2 heterocycles. The number of halogens is 2. The summed E-state index contributed by atoms with van der Waals surface area (Å²) >= 11 is 14.3. The van der Waals surface area contributed by atoms with Crippen molar-refractivity contribution in [3.05, 3.63) is 28.2 Å². The van der Waals surface area contributed by atoms with Gasteiger partial charge in [0.1, 0.15) is 11.4 Å². The van der Waals surface area contributed by atoms with Crippen molar-refractivity contribution < 1.29 is 29.0 Å². The van der Waals surface area contributed by atoms with Crippen LogP contribution >= 0.6 is 46.7 Å². The molecule has 1 aromatic rings. The summed E-state index contributed by atoms with van der Waals surface area (Å²) in [5.41, 5.74) is -1.78. The molecule has 2 aliphatic rings. The van der Waals surface area contributed by atoms with Crippen LogP contribution in [0.2, 0.25) is 10.0 Å². The largest absolute Gasteiger partial charge is 0.478 e. The fraction of sp³-hybridized carbons (Fsp3) is 0.412. The minimum absolute atomic E-state index is 0.0183. The van der Waals surface area contributed by atoms with Gasteiger partial charge >= 0.3 is 11.9 Å². The van der Waals surface area contributed by atoms with Crippen LogP contribution in [0.3, 0.4) is 0 Å². The first kappa shape index (κ1) is 22.1. The highest BCUT2D eigenvalue weighted by Crippen LogP contribution is 2.40. The second-order valence-electron chi connectivity index (χ2n) is 6.47. The number of carboxylic acids is 1. The molecule has 0 aromatic heterocycles. The van der Waals surface area contributed by atoms with E-state index < -0.39 is 34.9 Å². The zero-order valence-corrected chi connectivity index (χ0v) is 18.2. The smallest absolute Gasteiger partial charge is 0.350 e. The highest BCUT2D eigenvalue weighted by Gasteiger charge is 2.59. The summed E-state index contributed by atoms with van der Waals surface area (Å²) in [6, 6.07) is 4.17. The second-order valence-corrected chi connectivity index (χ2v) is 9.44. The van der Waals surface area contributed by atoms with Crippen LogP contribution < -0.4 is 5.32 Å². The van der Waals surface area contributed by atoms with Crippen molar-refractivity contribution in [3.63, 3.8) is 0 Å². The molecule has 2 aliphatic heterocycles. The lowest BCUT2D eigenvalue weighted by molar-refractivity contribution is -0.182. The van der Waals surface area contributed by atoms with Gasteiger partial charge in [0.05, 0.1) is 17.3 Å². The molecular weight excluding hydrogens is 463 g/mol. The number of nitrogens with one attached hydrogen (secondary N) is 1. The third-order valence-electron chi connectivity index (χ3n) is 4.35. The summed E-state index contributed by atoms with van der Waals surface area (Å²) in [7, 11) is 0. The number of esters is 1. The Hall–Kier alpha value is -1.62. The van der Waals surface area contributed by atoms with Crippen LogP contribution in [0.15, 0.2) is 23.1 Å². The minimum atomic E-state index is -1.78. The summed E-state index contributed by atoms with van der Waals surface area (Å²) in [5, 5.41) is 12.7. The van der Waals surface area contributed by atoms with E-state index in [-0.39, 0.29) is 24.0 Å². The lowest BCUT2D eigenvalue weighted by Gasteiger charge is -2.53. The fourth-order valence-electron chi connectivity index (χ4n) is 3.01. The molecule has 0 radical (unpaired) electrons. The number of carbonyl (C=O) groups is 4. The predicted octanol–water partition coefficient (Wildman–Crippen LogP) is 1.87. The Morgan fingerprint density at radius 2 is 2.14 bits per heavy atom. The molecule has 0 spiro atoms. The number of ether oxygens (including phenoxy) is 1. The molecule has 2 unspecified atom stereocenters. The third-order valence-corrected chi connectivity index (χ3v) is 7.59. The Balaban J connectivity index is 1.57. The number of hydrogen-bond donors (Lipinski definition) is 2. The normalized spacial score (nSPS) is 25.6. The zero-order valence-electron chi connectivity index (χ0n) is 15.0. The number of fused-ring (bicyclic) bond motifs is 1. The number of rotatable bonds is 6. The van der Waals surface area contributed by atoms with Gasteiger partial charge in [-0.2, -0.15) is 0 Å². The number of amides is 2. The molecule has 2 fully saturated rings. The number of thioether (sulfide) groups is 2. The summed E-state index contributed by atoms with van der Waals surface area (Å²) in [5.74, 6) is -2.81. The number of carboxylic acid groups (broad SMARTS) is 1. The van der Waals surface area contributed by atoms with Crippen LogP contribution in [0.1, 0.15) is 6.92 Å². The van der Waals surface area contributed by atoms with Gasteiger partial charge in [-0.25, -0.2) is 4.79 Å². The van der Waals surface area contributed by atoms with Gasteiger partial charge in [-0.1, -0.05) is 23.2 Å². The van der Waals surface area contributed by atoms with Crippen LogP contribution in [0.25, 0.3) is 0 Å². The zero-order chi connectivity index (χ0) is 21.3. The van der Waals surface area contributed by atoms with Crippen LogP contribution in [0.4, 0.5) is 0 Å². The Morgan fingerprint density at radius 1 is 1.41 bits per heavy atom. The van der Waals surface area contributed by atoms with Crippen molar-refractivity contribution in [1.29, 1.82) is 0 Å². The van der Waals surface area contributed by atoms with E-state index in [9.17, 15) is 24.3 Å². The van der Waals surface area contributed by atoms with Gasteiger partial charge in [0, 0.05) is 22.6 Å². The fourth-order valence-corrected chi connectivity index (χ4v) is 5.76. The van der Waals surface area contributed by atoms with Crippen molar-refractivity contribution in [1.82, 2.24) is 10.2 Å². The van der Waals surface area contributed by atoms with E-state index in [0.717, 1.165) is 18.7 Å². The summed E-state index contributed by atoms with van der Waals surface area (Å²) in [6.07, 6.45) is 0. The summed E-state index contributed by atoms with van der Waals surface area (Å²) < 4.78 is 5.00. The van der Waals surface area contributed by atoms with E-state index in [0.29, 0.717) is 14.9 Å². The van der Waals surface area contributed by atoms with Crippen molar-refractivity contribution in [3.8, 4) is 0 Å². The molecule has 156 valence electrons. The Bertz CT molecular complexity index is 885. The van der Waals surface area contributed by atoms with E-state index in [4.69, 9.17) is 27.9 Å². The van der Waals surface area contributed by atoms with Gasteiger partial charge in [0.25, 0.3) is 0 Å². The van der Waals surface area contributed by atoms with Gasteiger partial charge in [-0.05, 0) is 18.2 Å². The molecule has 0 aliphatic carbocycles. The second kappa shape index (κ2) is 8.63. The maximum Gasteiger partial charge on any atom is 0.350 e. The third kappa shape index (κ3) is 4.60. The molecule has 3 atom stereocenters. The van der Waals surface area contributed by atoms with E-state index >= 15 is 0 Å². The van der Waals surface area contributed by atoms with Gasteiger partial charge in [0.15, 0.2) is 0 Å². The lowest BCUT2D eigenvalue weighted by Crippen LogP contribution is -2.75. The molecule has 2 amide bonds. The number of carbonyl (C=O) groups excluding carboxylic acids is 3. The van der Waals surface area contributed by atoms with E-state index in [1.165, 1.54) is 16.7 Å². The van der Waals surface area contributed by atoms with Gasteiger partial charge in [0.2, 0.25) is 17.4 Å². The molecular formula is C17H16Cl2N2O6S2. The number of nitrogens with zero attached hydrogens (tertiary/aromatic N) is 1. The highest BCUT2D eigenvalue weighted by atomic mass is 35.5. The molecule has 3 rings (SSSR count). The molecule has 29 heavy (non-hydrogen) atoms. The molecule has 0 saturated carbocycles. The Morgan fingerprint density at radius 3 is 2.79 bits per heavy atom. The highest BCUT2D eigenvalue weighted by molar-refractivity contribution is 8.00. The lowest BCUT2D eigenvalue weighted by atomic mass is 9.99. The molecule has 0 bridgehead atoms. The van der Waals surface area contributed by atoms with Gasteiger partial charge < -0.3 is 20.1 Å². The van der Waals surface area contributed by atoms with Gasteiger partial charge in [-0.3, -0.25) is 14.4 Å². The van der Waals surface area contributed by atoms with Crippen molar-refractivity contribution >= 4 is 70.5 Å². The van der Waals surface area contributed by atoms with Crippen molar-refractivity contribution in [2.45, 2.75) is 28.8 Å². The predicted molar refractivity (Wildman–Crippen MR) is 109 cm³/mol. The van der Waals surface area contributed by atoms with Crippen LogP contribution in [-0.4, -0.2) is 68.8 Å². The quantitative estimate of drug-likeness (QED) is 0.361. The first-order valence-electron chi connectivity index (χ1n) is 8.35. The molecule has 1 aromatic carbocycles. The SMILES string of the molecule is CC(=O)OC1(C(=O)O)CS[C@@H]2C(NC(=O)CSc3cc(Cl)ccc3Cl)C(=O)N2C1. The Kier molecular flexibility index (Phi) is 6.57. The van der Waals surface area contributed by atoms with E-state index in [2.05, 4.69) is 5.32 Å². The summed E-state index contributed by atoms with van der Waals surface area (Å²) in [6.45, 7) is 0.865. The average molecular weight is 479 g/mol. The van der Waals surface area contributed by atoms with Crippen molar-refractivity contribution in [2.24, 2.45) is 0 Å². The average Bonchev–Trinajstić information content (AvgIpc) is 2.66. The van der Waals surface area contributed by atoms with E-state index in [1.54, 1.807) is 18.2 Å². The minimum Gasteiger partial charge on any atom is -0.478 e. The van der Waals surface area contributed by atoms with Crippen molar-refractivity contribution in [2.75, 3.05) is 18.1 Å². The van der Waals surface area contributed by atoms with Crippen LogP contribution in [-0.2, 0) is 23.9 Å². The first-order valence-corrected chi connectivity index (χ1v) is 11.1. The maximum absolute atomic E-state index is 12.4. The topological polar surface area (TPSA) is 113 Å². The van der Waals surface area contributed by atoms with Gasteiger partial charge in [-0.15, -0.1) is 23.5 Å². The Labute approximate surface area is 184 Å². The number of benzene rings is 1. The molecule has 2 N–H and O–H groups in total. The first-order chi connectivity index (χ1) is 13.6. The monoisotopic (exact) mass is 478 g/mol. The number of aliphatic carboxylic acids is 1. The number of hydrogen-bond acceptors (Lipinski definition) is 7. The van der Waals surface area contributed by atoms with Crippen LogP contribution in [0.5, 0.6) is 0 Å². The summed E-state index contributed by atoms with van der Waals surface area (Å²) in [4.78, 5) is 49.5. The molecule has 12 heteroatoms. The standard InChI is InChI=1S/C17H16Cl2N2O6S2/c1-8(22)27-17(16(25)26)6-21-14(24)13(15(21)29-7-17)20-12(23)5-28-11-4-9(18)2-3-10(11)19/h2-4,13,15H,5-7H2,1H3,(H,20,23)(H,25,26)/t13?,15-,17?/m1/s1. The molecule has 2 saturated heterocycles. The van der Waals surface area contributed by atoms with Crippen LogP contribution in [0, 0.1) is 0 Å². The van der Waals surface area contributed by atoms with E-state index in [1.807, 2.05) is 0 Å². The number of β-lactam (4-membered cyclic amide) rings is 1. The maximum atomic E-state index is 12.4. The molecule has 8 nitrogen and oxygen atoms in total.